The summed E-state index contributed by atoms with van der Waals surface area (Å²) in [6.07, 6.45) is 0.791. The van der Waals surface area contributed by atoms with Crippen molar-refractivity contribution in [2.24, 2.45) is 0 Å². The number of carbonyl (C=O) groups excluding carboxylic acids is 2. The highest BCUT2D eigenvalue weighted by Gasteiger charge is 2.38. The number of likely N-dealkylation sites (tertiary alicyclic amines) is 1. The molecule has 0 spiro atoms. The van der Waals surface area contributed by atoms with E-state index in [0.717, 1.165) is 12.0 Å². The van der Waals surface area contributed by atoms with E-state index in [2.05, 4.69) is 5.32 Å². The fourth-order valence-corrected chi connectivity index (χ4v) is 4.25. The first-order chi connectivity index (χ1) is 14.7. The summed E-state index contributed by atoms with van der Waals surface area (Å²) in [6, 6.07) is 15.3. The van der Waals surface area contributed by atoms with E-state index in [0.29, 0.717) is 49.9 Å². The number of ether oxygens (including phenoxy) is 2. The van der Waals surface area contributed by atoms with Crippen LogP contribution in [-0.2, 0) is 6.54 Å². The molecular weight excluding hydrogens is 384 g/mol. The van der Waals surface area contributed by atoms with Gasteiger partial charge in [-0.3, -0.25) is 0 Å². The van der Waals surface area contributed by atoms with Crippen molar-refractivity contribution in [2.75, 3.05) is 38.3 Å². The largest absolute Gasteiger partial charge is 0.454 e. The summed E-state index contributed by atoms with van der Waals surface area (Å²) in [4.78, 5) is 31.1. The fourth-order valence-electron chi connectivity index (χ4n) is 4.25. The molecule has 0 unspecified atom stereocenters. The van der Waals surface area contributed by atoms with Gasteiger partial charge in [0.1, 0.15) is 0 Å². The highest BCUT2D eigenvalue weighted by molar-refractivity contribution is 5.90. The van der Waals surface area contributed by atoms with Crippen molar-refractivity contribution in [2.45, 2.75) is 19.0 Å². The molecule has 8 nitrogen and oxygen atoms in total. The lowest BCUT2D eigenvalue weighted by Gasteiger charge is -2.25. The van der Waals surface area contributed by atoms with Crippen LogP contribution in [0.25, 0.3) is 0 Å². The molecule has 3 aliphatic rings. The van der Waals surface area contributed by atoms with E-state index in [1.165, 1.54) is 0 Å². The quantitative estimate of drug-likeness (QED) is 0.844. The molecule has 0 bridgehead atoms. The summed E-state index contributed by atoms with van der Waals surface area (Å²) >= 11 is 0. The molecule has 3 aliphatic heterocycles. The van der Waals surface area contributed by atoms with Crippen LogP contribution in [0.2, 0.25) is 0 Å². The highest BCUT2D eigenvalue weighted by Crippen LogP contribution is 2.34. The average Bonchev–Trinajstić information content (AvgIpc) is 3.49. The Balaban J connectivity index is 1.17. The van der Waals surface area contributed by atoms with Gasteiger partial charge in [0.2, 0.25) is 6.79 Å². The number of carbonyl (C=O) groups is 2. The second-order valence-corrected chi connectivity index (χ2v) is 7.77. The SMILES string of the molecule is O=C(Nc1ccc2c(c1)OCO2)N1CC[C@@H](N2CCN(Cc3ccccc3)C2=O)C1. The number of nitrogens with one attached hydrogen (secondary N) is 1. The zero-order valence-electron chi connectivity index (χ0n) is 16.6. The Kier molecular flexibility index (Phi) is 4.82. The van der Waals surface area contributed by atoms with E-state index in [9.17, 15) is 9.59 Å². The lowest BCUT2D eigenvalue weighted by atomic mass is 10.2. The lowest BCUT2D eigenvalue weighted by molar-refractivity contribution is 0.173. The third-order valence-corrected chi connectivity index (χ3v) is 5.86. The molecule has 1 atom stereocenters. The summed E-state index contributed by atoms with van der Waals surface area (Å²) in [6.45, 7) is 3.41. The van der Waals surface area contributed by atoms with Gasteiger partial charge in [-0.15, -0.1) is 0 Å². The van der Waals surface area contributed by atoms with Crippen molar-refractivity contribution in [3.63, 3.8) is 0 Å². The van der Waals surface area contributed by atoms with Gasteiger partial charge in [0.25, 0.3) is 0 Å². The zero-order valence-corrected chi connectivity index (χ0v) is 16.6. The average molecular weight is 408 g/mol. The molecule has 8 heteroatoms. The van der Waals surface area contributed by atoms with Crippen LogP contribution < -0.4 is 14.8 Å². The minimum absolute atomic E-state index is 0.0563. The van der Waals surface area contributed by atoms with E-state index >= 15 is 0 Å². The molecule has 3 heterocycles. The minimum atomic E-state index is -0.163. The summed E-state index contributed by atoms with van der Waals surface area (Å²) in [5, 5.41) is 2.91. The Morgan fingerprint density at radius 2 is 1.87 bits per heavy atom. The third-order valence-electron chi connectivity index (χ3n) is 5.86. The van der Waals surface area contributed by atoms with E-state index < -0.39 is 0 Å². The molecule has 156 valence electrons. The minimum Gasteiger partial charge on any atom is -0.454 e. The van der Waals surface area contributed by atoms with Gasteiger partial charge in [0, 0.05) is 44.5 Å². The number of urea groups is 2. The standard InChI is InChI=1S/C22H24N4O4/c27-21(23-17-6-7-19-20(12-17)30-15-29-19)24-9-8-18(14-24)26-11-10-25(22(26)28)13-16-4-2-1-3-5-16/h1-7,12,18H,8-11,13-15H2,(H,23,27)/t18-/m1/s1. The van der Waals surface area contributed by atoms with Crippen molar-refractivity contribution in [1.29, 1.82) is 0 Å². The molecule has 30 heavy (non-hydrogen) atoms. The Morgan fingerprint density at radius 1 is 1.03 bits per heavy atom. The van der Waals surface area contributed by atoms with Gasteiger partial charge in [-0.25, -0.2) is 9.59 Å². The first-order valence-electron chi connectivity index (χ1n) is 10.2. The van der Waals surface area contributed by atoms with Crippen molar-refractivity contribution in [3.05, 3.63) is 54.1 Å². The van der Waals surface area contributed by atoms with Crippen LogP contribution in [-0.4, -0.2) is 65.8 Å². The molecule has 0 aromatic heterocycles. The Bertz CT molecular complexity index is 951. The summed E-state index contributed by atoms with van der Waals surface area (Å²) in [7, 11) is 0. The number of amides is 4. The molecule has 1 N–H and O–H groups in total. The Morgan fingerprint density at radius 3 is 2.73 bits per heavy atom. The maximum atomic E-state index is 12.9. The van der Waals surface area contributed by atoms with Crippen LogP contribution in [0, 0.1) is 0 Å². The van der Waals surface area contributed by atoms with Crippen molar-refractivity contribution < 1.29 is 19.1 Å². The van der Waals surface area contributed by atoms with Crippen molar-refractivity contribution in [1.82, 2.24) is 14.7 Å². The smallest absolute Gasteiger partial charge is 0.321 e. The van der Waals surface area contributed by atoms with Gasteiger partial charge in [-0.2, -0.15) is 0 Å². The second-order valence-electron chi connectivity index (χ2n) is 7.77. The summed E-state index contributed by atoms with van der Waals surface area (Å²) < 4.78 is 10.7. The molecular formula is C22H24N4O4. The first-order valence-corrected chi connectivity index (χ1v) is 10.2. The Hall–Kier alpha value is -3.42. The topological polar surface area (TPSA) is 74.4 Å². The molecule has 2 aromatic rings. The van der Waals surface area contributed by atoms with E-state index in [4.69, 9.17) is 9.47 Å². The Labute approximate surface area is 174 Å². The molecule has 2 saturated heterocycles. The van der Waals surface area contributed by atoms with E-state index in [-0.39, 0.29) is 24.9 Å². The molecule has 0 aliphatic carbocycles. The predicted molar refractivity (Wildman–Crippen MR) is 111 cm³/mol. The number of hydrogen-bond donors (Lipinski definition) is 1. The van der Waals surface area contributed by atoms with Gasteiger partial charge >= 0.3 is 12.1 Å². The van der Waals surface area contributed by atoms with Crippen LogP contribution in [0.4, 0.5) is 15.3 Å². The normalized spacial score (nSPS) is 20.2. The van der Waals surface area contributed by atoms with Gasteiger partial charge in [0.05, 0.1) is 6.04 Å². The zero-order chi connectivity index (χ0) is 20.5. The number of anilines is 1. The predicted octanol–water partition coefficient (Wildman–Crippen LogP) is 2.96. The third kappa shape index (κ3) is 3.60. The van der Waals surface area contributed by atoms with Crippen molar-refractivity contribution in [3.8, 4) is 11.5 Å². The molecule has 2 aromatic carbocycles. The summed E-state index contributed by atoms with van der Waals surface area (Å²) in [5.41, 5.74) is 1.79. The maximum Gasteiger partial charge on any atom is 0.321 e. The highest BCUT2D eigenvalue weighted by atomic mass is 16.7. The van der Waals surface area contributed by atoms with Crippen LogP contribution in [0.15, 0.2) is 48.5 Å². The van der Waals surface area contributed by atoms with E-state index in [1.54, 1.807) is 23.1 Å². The molecule has 4 amide bonds. The van der Waals surface area contributed by atoms with Crippen LogP contribution in [0.1, 0.15) is 12.0 Å². The lowest BCUT2D eigenvalue weighted by Crippen LogP contribution is -2.42. The summed E-state index contributed by atoms with van der Waals surface area (Å²) in [5.74, 6) is 1.31. The van der Waals surface area contributed by atoms with Crippen molar-refractivity contribution >= 4 is 17.7 Å². The monoisotopic (exact) mass is 408 g/mol. The van der Waals surface area contributed by atoms with Gasteiger partial charge < -0.3 is 29.5 Å². The maximum absolute atomic E-state index is 12.9. The number of nitrogens with zero attached hydrogens (tertiary/aromatic N) is 3. The van der Waals surface area contributed by atoms with Crippen LogP contribution >= 0.6 is 0 Å². The fraction of sp³-hybridized carbons (Fsp3) is 0.364. The van der Waals surface area contributed by atoms with Gasteiger partial charge in [-0.1, -0.05) is 30.3 Å². The molecule has 2 fully saturated rings. The van der Waals surface area contributed by atoms with Gasteiger partial charge in [0.15, 0.2) is 11.5 Å². The molecule has 0 saturated carbocycles. The number of benzene rings is 2. The molecule has 0 radical (unpaired) electrons. The number of fused-ring (bicyclic) bond motifs is 1. The first kappa shape index (κ1) is 18.6. The second kappa shape index (κ2) is 7.78. The van der Waals surface area contributed by atoms with Crippen LogP contribution in [0.5, 0.6) is 11.5 Å². The number of hydrogen-bond acceptors (Lipinski definition) is 4. The number of rotatable bonds is 4. The molecule has 5 rings (SSSR count). The van der Waals surface area contributed by atoms with Crippen LogP contribution in [0.3, 0.4) is 0 Å². The van der Waals surface area contributed by atoms with Gasteiger partial charge in [-0.05, 0) is 24.1 Å². The van der Waals surface area contributed by atoms with E-state index in [1.807, 2.05) is 40.1 Å².